The van der Waals surface area contributed by atoms with Gasteiger partial charge in [-0.3, -0.25) is 4.79 Å². The summed E-state index contributed by atoms with van der Waals surface area (Å²) in [6.07, 6.45) is 18.5. The minimum absolute atomic E-state index is 0.102. The lowest BCUT2D eigenvalue weighted by atomic mass is 10.0. The molecule has 1 N–H and O–H groups in total. The monoisotopic (exact) mass is 590 g/mol. The van der Waals surface area contributed by atoms with Gasteiger partial charge in [0, 0.05) is 11.4 Å². The number of carbonyl (C=O) groups is 2. The molecule has 0 unspecified atom stereocenters. The smallest absolute Gasteiger partial charge is 0.345 e. The second-order valence-electron chi connectivity index (χ2n) is 9.94. The standard InChI is InChI=1S/C32H44Cl2N2O4/c1-3-5-6-7-8-9-10-11-12-13-14-15-16-17-31(37)36-35-24-25-18-21-29(30(22-25)39-4-2)40-32(38)27-20-19-26(33)23-28(27)34/h18-24H,3-17H2,1-2H3,(H,36,37)/b35-24-. The van der Waals surface area contributed by atoms with Crippen molar-refractivity contribution in [2.24, 2.45) is 5.10 Å². The highest BCUT2D eigenvalue weighted by atomic mass is 35.5. The zero-order valence-corrected chi connectivity index (χ0v) is 25.5. The highest BCUT2D eigenvalue weighted by Crippen LogP contribution is 2.30. The van der Waals surface area contributed by atoms with Gasteiger partial charge in [-0.1, -0.05) is 107 Å². The number of esters is 1. The van der Waals surface area contributed by atoms with Crippen LogP contribution in [-0.2, 0) is 4.79 Å². The van der Waals surface area contributed by atoms with Crippen molar-refractivity contribution in [3.8, 4) is 11.5 Å². The van der Waals surface area contributed by atoms with Gasteiger partial charge in [0.05, 0.1) is 23.4 Å². The van der Waals surface area contributed by atoms with Crippen LogP contribution >= 0.6 is 23.2 Å². The lowest BCUT2D eigenvalue weighted by molar-refractivity contribution is -0.121. The molecule has 0 aliphatic carbocycles. The van der Waals surface area contributed by atoms with Crippen LogP contribution in [0.1, 0.15) is 120 Å². The van der Waals surface area contributed by atoms with Crippen LogP contribution < -0.4 is 14.9 Å². The van der Waals surface area contributed by atoms with Crippen LogP contribution in [-0.4, -0.2) is 24.7 Å². The fraction of sp³-hybridized carbons (Fsp3) is 0.531. The molecule has 0 aliphatic heterocycles. The first-order valence-electron chi connectivity index (χ1n) is 14.7. The normalized spacial score (nSPS) is 11.1. The van der Waals surface area contributed by atoms with Crippen molar-refractivity contribution in [3.05, 3.63) is 57.6 Å². The average molecular weight is 592 g/mol. The average Bonchev–Trinajstić information content (AvgIpc) is 2.92. The van der Waals surface area contributed by atoms with Gasteiger partial charge in [-0.25, -0.2) is 10.2 Å². The third-order valence-corrected chi connectivity index (χ3v) is 7.08. The van der Waals surface area contributed by atoms with E-state index in [-0.39, 0.29) is 22.2 Å². The van der Waals surface area contributed by atoms with Crippen molar-refractivity contribution in [1.29, 1.82) is 0 Å². The molecule has 220 valence electrons. The number of ether oxygens (including phenoxy) is 2. The molecule has 0 saturated carbocycles. The summed E-state index contributed by atoms with van der Waals surface area (Å²) in [6, 6.07) is 9.59. The van der Waals surface area contributed by atoms with Crippen molar-refractivity contribution < 1.29 is 19.1 Å². The van der Waals surface area contributed by atoms with Gasteiger partial charge in [0.25, 0.3) is 0 Å². The third kappa shape index (κ3) is 13.7. The summed E-state index contributed by atoms with van der Waals surface area (Å²) < 4.78 is 11.2. The van der Waals surface area contributed by atoms with E-state index in [1.165, 1.54) is 89.0 Å². The minimum Gasteiger partial charge on any atom is -0.490 e. The molecular weight excluding hydrogens is 547 g/mol. The molecule has 0 aliphatic rings. The maximum absolute atomic E-state index is 12.6. The largest absolute Gasteiger partial charge is 0.490 e. The van der Waals surface area contributed by atoms with Gasteiger partial charge in [0.15, 0.2) is 11.5 Å². The topological polar surface area (TPSA) is 77.0 Å². The molecule has 0 bridgehead atoms. The highest BCUT2D eigenvalue weighted by Gasteiger charge is 2.16. The van der Waals surface area contributed by atoms with Crippen LogP contribution in [0.15, 0.2) is 41.5 Å². The summed E-state index contributed by atoms with van der Waals surface area (Å²) in [6.45, 7) is 4.47. The van der Waals surface area contributed by atoms with E-state index in [2.05, 4.69) is 17.5 Å². The molecule has 0 aromatic heterocycles. The van der Waals surface area contributed by atoms with Gasteiger partial charge >= 0.3 is 5.97 Å². The van der Waals surface area contributed by atoms with Crippen LogP contribution in [0.3, 0.4) is 0 Å². The van der Waals surface area contributed by atoms with Crippen molar-refractivity contribution in [1.82, 2.24) is 5.43 Å². The Labute approximate surface area is 249 Å². The molecular formula is C32H44Cl2N2O4. The van der Waals surface area contributed by atoms with Crippen molar-refractivity contribution in [3.63, 3.8) is 0 Å². The van der Waals surface area contributed by atoms with E-state index in [4.69, 9.17) is 32.7 Å². The molecule has 0 heterocycles. The number of nitrogens with one attached hydrogen (secondary N) is 1. The molecule has 8 heteroatoms. The first kappa shape index (κ1) is 33.6. The van der Waals surface area contributed by atoms with E-state index in [9.17, 15) is 9.59 Å². The minimum atomic E-state index is -0.621. The summed E-state index contributed by atoms with van der Waals surface area (Å²) >= 11 is 12.0. The van der Waals surface area contributed by atoms with Crippen LogP contribution in [0.2, 0.25) is 10.0 Å². The Morgan fingerprint density at radius 2 is 1.43 bits per heavy atom. The molecule has 0 saturated heterocycles. The number of benzene rings is 2. The van der Waals surface area contributed by atoms with Gasteiger partial charge < -0.3 is 9.47 Å². The molecule has 6 nitrogen and oxygen atoms in total. The van der Waals surface area contributed by atoms with Crippen molar-refractivity contribution >= 4 is 41.3 Å². The molecule has 0 atom stereocenters. The SMILES string of the molecule is CCCCCCCCCCCCCCCC(=O)N/N=C\c1ccc(OC(=O)c2ccc(Cl)cc2Cl)c(OCC)c1. The molecule has 40 heavy (non-hydrogen) atoms. The fourth-order valence-corrected chi connectivity index (χ4v) is 4.79. The molecule has 2 aromatic rings. The quantitative estimate of drug-likeness (QED) is 0.0547. The maximum Gasteiger partial charge on any atom is 0.345 e. The van der Waals surface area contributed by atoms with Gasteiger partial charge in [-0.15, -0.1) is 0 Å². The molecule has 0 spiro atoms. The number of unbranched alkanes of at least 4 members (excludes halogenated alkanes) is 12. The lowest BCUT2D eigenvalue weighted by Gasteiger charge is -2.12. The lowest BCUT2D eigenvalue weighted by Crippen LogP contribution is -2.16. The number of hydrazone groups is 1. The van der Waals surface area contributed by atoms with Crippen molar-refractivity contribution in [2.75, 3.05) is 6.61 Å². The van der Waals surface area contributed by atoms with Gasteiger partial charge in [-0.05, 0) is 55.3 Å². The second kappa shape index (κ2) is 20.3. The van der Waals surface area contributed by atoms with E-state index in [1.54, 1.807) is 24.3 Å². The molecule has 1 amide bonds. The Hall–Kier alpha value is -2.57. The summed E-state index contributed by atoms with van der Waals surface area (Å²) in [7, 11) is 0. The van der Waals surface area contributed by atoms with E-state index >= 15 is 0 Å². The van der Waals surface area contributed by atoms with E-state index in [1.807, 2.05) is 6.92 Å². The Morgan fingerprint density at radius 1 is 0.800 bits per heavy atom. The first-order valence-corrected chi connectivity index (χ1v) is 15.5. The number of nitrogens with zero attached hydrogens (tertiary/aromatic N) is 1. The number of hydrogen-bond acceptors (Lipinski definition) is 5. The van der Waals surface area contributed by atoms with E-state index in [0.717, 1.165) is 12.8 Å². The summed E-state index contributed by atoms with van der Waals surface area (Å²) in [5.41, 5.74) is 3.47. The highest BCUT2D eigenvalue weighted by molar-refractivity contribution is 6.36. The molecule has 0 radical (unpaired) electrons. The van der Waals surface area contributed by atoms with Gasteiger partial charge in [-0.2, -0.15) is 5.10 Å². The van der Waals surface area contributed by atoms with Crippen LogP contribution in [0.5, 0.6) is 11.5 Å². The fourth-order valence-electron chi connectivity index (χ4n) is 4.31. The van der Waals surface area contributed by atoms with Crippen LogP contribution in [0.25, 0.3) is 0 Å². The summed E-state index contributed by atoms with van der Waals surface area (Å²) in [4.78, 5) is 24.7. The number of amides is 1. The number of carbonyl (C=O) groups excluding carboxylic acids is 2. The zero-order valence-electron chi connectivity index (χ0n) is 24.0. The third-order valence-electron chi connectivity index (χ3n) is 6.53. The van der Waals surface area contributed by atoms with Crippen LogP contribution in [0.4, 0.5) is 0 Å². The number of rotatable bonds is 20. The Morgan fingerprint density at radius 3 is 2.02 bits per heavy atom. The van der Waals surface area contributed by atoms with E-state index in [0.29, 0.717) is 29.4 Å². The number of halogens is 2. The zero-order chi connectivity index (χ0) is 29.0. The van der Waals surface area contributed by atoms with Crippen LogP contribution in [0, 0.1) is 0 Å². The first-order chi connectivity index (χ1) is 19.4. The summed E-state index contributed by atoms with van der Waals surface area (Å²) in [5.74, 6) is -0.0936. The maximum atomic E-state index is 12.6. The Bertz CT molecular complexity index is 1070. The second-order valence-corrected chi connectivity index (χ2v) is 10.8. The predicted octanol–water partition coefficient (Wildman–Crippen LogP) is 9.54. The Kier molecular flexibility index (Phi) is 17.1. The Balaban J connectivity index is 1.67. The molecule has 0 fully saturated rings. The van der Waals surface area contributed by atoms with Gasteiger partial charge in [0.2, 0.25) is 5.91 Å². The predicted molar refractivity (Wildman–Crippen MR) is 165 cm³/mol. The summed E-state index contributed by atoms with van der Waals surface area (Å²) in [5, 5.41) is 4.69. The molecule has 2 rings (SSSR count). The van der Waals surface area contributed by atoms with Gasteiger partial charge in [0.1, 0.15) is 0 Å². The van der Waals surface area contributed by atoms with E-state index < -0.39 is 5.97 Å². The van der Waals surface area contributed by atoms with Crippen molar-refractivity contribution in [2.45, 2.75) is 104 Å². The number of hydrogen-bond donors (Lipinski definition) is 1. The molecule has 2 aromatic carbocycles.